The summed E-state index contributed by atoms with van der Waals surface area (Å²) in [5.74, 6) is -0.894. The van der Waals surface area contributed by atoms with E-state index < -0.39 is 23.2 Å². The fourth-order valence-electron chi connectivity index (χ4n) is 8.67. The van der Waals surface area contributed by atoms with Crippen molar-refractivity contribution in [2.45, 2.75) is 76.5 Å². The summed E-state index contributed by atoms with van der Waals surface area (Å²) in [5, 5.41) is 3.68. The summed E-state index contributed by atoms with van der Waals surface area (Å²) in [6, 6.07) is 14.1. The number of ether oxygens (including phenoxy) is 1. The number of halogens is 3. The second-order valence-corrected chi connectivity index (χ2v) is 13.5. The molecule has 0 bridgehead atoms. The van der Waals surface area contributed by atoms with Crippen LogP contribution in [0.4, 0.5) is 10.1 Å². The Labute approximate surface area is 271 Å². The number of rotatable bonds is 4. The molecular weight excluding hydrogens is 614 g/mol. The van der Waals surface area contributed by atoms with Gasteiger partial charge in [-0.2, -0.15) is 0 Å². The smallest absolute Gasteiger partial charge is 0.338 e. The maximum absolute atomic E-state index is 16.4. The third-order valence-electron chi connectivity index (χ3n) is 10.6. The molecule has 1 unspecified atom stereocenters. The first-order chi connectivity index (χ1) is 21.2. The minimum atomic E-state index is -1.22. The van der Waals surface area contributed by atoms with Crippen molar-refractivity contribution < 1.29 is 18.7 Å². The third kappa shape index (κ3) is 4.01. The average Bonchev–Trinajstić information content (AvgIpc) is 3.64. The molecule has 1 aromatic heterocycles. The molecule has 1 aliphatic carbocycles. The van der Waals surface area contributed by atoms with Crippen LogP contribution in [-0.2, 0) is 21.6 Å². The van der Waals surface area contributed by atoms with Crippen LogP contribution in [-0.4, -0.2) is 45.5 Å². The Morgan fingerprint density at radius 3 is 2.67 bits per heavy atom. The predicted octanol–water partition coefficient (Wildman–Crippen LogP) is 7.81. The summed E-state index contributed by atoms with van der Waals surface area (Å²) in [4.78, 5) is 34.9. The van der Waals surface area contributed by atoms with E-state index in [9.17, 15) is 9.59 Å². The van der Waals surface area contributed by atoms with Crippen LogP contribution in [0.5, 0.6) is 0 Å². The number of hydrogen-bond acceptors (Lipinski definition) is 5. The van der Waals surface area contributed by atoms with Gasteiger partial charge in [0, 0.05) is 46.7 Å². The number of aryl methyl sites for hydroxylation is 2. The van der Waals surface area contributed by atoms with E-state index in [1.807, 2.05) is 25.1 Å². The highest BCUT2D eigenvalue weighted by Gasteiger charge is 2.70. The standard InChI is InChI=1S/C34H31Cl2FN4O3.CH4/c1-16-20(32(42)44-3)10-12-24-30(16)40-14-13-26-27(31(40)38-24)28(21-5-4-6-23(36)29(21)37)34(41(26)17(2)18-7-8-18)22-11-9-19(35)15-25(22)39-33(34)43;/h4-6,9-12,15,17-18,26-28H,7-8,13-14H2,1-3H3,(H,39,43);1H4/t17?,26-,27+,28-,34+;/m0./s1. The predicted molar refractivity (Wildman–Crippen MR) is 174 cm³/mol. The number of nitrogens with zero attached hydrogens (tertiary/aromatic N) is 3. The molecule has 10 heteroatoms. The second-order valence-electron chi connectivity index (χ2n) is 12.6. The fourth-order valence-corrected chi connectivity index (χ4v) is 9.02. The Balaban J connectivity index is 0.00000325. The van der Waals surface area contributed by atoms with Crippen LogP contribution >= 0.6 is 23.2 Å². The third-order valence-corrected chi connectivity index (χ3v) is 11.1. The van der Waals surface area contributed by atoms with Crippen LogP contribution < -0.4 is 5.32 Å². The Morgan fingerprint density at radius 2 is 1.93 bits per heavy atom. The number of imidazole rings is 1. The molecule has 8 rings (SSSR count). The van der Waals surface area contributed by atoms with E-state index in [0.717, 1.165) is 47.2 Å². The van der Waals surface area contributed by atoms with Crippen molar-refractivity contribution in [2.24, 2.45) is 5.92 Å². The van der Waals surface area contributed by atoms with Crippen LogP contribution in [0.3, 0.4) is 0 Å². The van der Waals surface area contributed by atoms with Crippen LogP contribution in [0, 0.1) is 18.7 Å². The lowest BCUT2D eigenvalue weighted by Gasteiger charge is -2.44. The number of aromatic nitrogens is 2. The van der Waals surface area contributed by atoms with E-state index in [0.29, 0.717) is 34.3 Å². The summed E-state index contributed by atoms with van der Waals surface area (Å²) in [7, 11) is 1.37. The summed E-state index contributed by atoms with van der Waals surface area (Å²) >= 11 is 12.9. The second kappa shape index (κ2) is 10.5. The van der Waals surface area contributed by atoms with E-state index in [1.165, 1.54) is 7.11 Å². The summed E-state index contributed by atoms with van der Waals surface area (Å²) in [6.07, 6.45) is 2.90. The Bertz CT molecular complexity index is 1910. The first-order valence-corrected chi connectivity index (χ1v) is 15.9. The van der Waals surface area contributed by atoms with E-state index in [4.69, 9.17) is 32.9 Å². The monoisotopic (exact) mass is 648 g/mol. The van der Waals surface area contributed by atoms with Gasteiger partial charge in [-0.3, -0.25) is 9.69 Å². The van der Waals surface area contributed by atoms with Crippen molar-refractivity contribution in [3.63, 3.8) is 0 Å². The lowest BCUT2D eigenvalue weighted by molar-refractivity contribution is -0.129. The van der Waals surface area contributed by atoms with Crippen molar-refractivity contribution in [2.75, 3.05) is 12.4 Å². The zero-order valence-corrected chi connectivity index (χ0v) is 26.0. The molecule has 4 aliphatic rings. The van der Waals surface area contributed by atoms with Gasteiger partial charge in [-0.05, 0) is 80.5 Å². The van der Waals surface area contributed by atoms with Crippen molar-refractivity contribution in [1.29, 1.82) is 0 Å². The zero-order valence-electron chi connectivity index (χ0n) is 24.5. The highest BCUT2D eigenvalue weighted by molar-refractivity contribution is 6.31. The van der Waals surface area contributed by atoms with Gasteiger partial charge in [-0.25, -0.2) is 14.2 Å². The minimum absolute atomic E-state index is 0. The van der Waals surface area contributed by atoms with Crippen molar-refractivity contribution in [3.8, 4) is 0 Å². The van der Waals surface area contributed by atoms with Gasteiger partial charge in [-0.1, -0.05) is 48.8 Å². The molecule has 45 heavy (non-hydrogen) atoms. The highest BCUT2D eigenvalue weighted by Crippen LogP contribution is 2.65. The number of amides is 1. The first-order valence-electron chi connectivity index (χ1n) is 15.1. The average molecular weight is 650 g/mol. The van der Waals surface area contributed by atoms with Gasteiger partial charge in [0.25, 0.3) is 0 Å². The summed E-state index contributed by atoms with van der Waals surface area (Å²) in [5.41, 5.74) is 3.49. The maximum Gasteiger partial charge on any atom is 0.338 e. The van der Waals surface area contributed by atoms with Crippen molar-refractivity contribution in [3.05, 3.63) is 92.5 Å². The number of benzene rings is 3. The molecule has 1 saturated carbocycles. The Kier molecular flexibility index (Phi) is 7.08. The number of esters is 1. The number of anilines is 1. The largest absolute Gasteiger partial charge is 0.465 e. The number of likely N-dealkylation sites (tertiary alicyclic amines) is 1. The van der Waals surface area contributed by atoms with Gasteiger partial charge in [0.2, 0.25) is 5.91 Å². The van der Waals surface area contributed by atoms with Crippen molar-refractivity contribution in [1.82, 2.24) is 14.5 Å². The van der Waals surface area contributed by atoms with Crippen LogP contribution in [0.25, 0.3) is 11.0 Å². The van der Waals surface area contributed by atoms with Gasteiger partial charge in [0.1, 0.15) is 17.2 Å². The van der Waals surface area contributed by atoms with Crippen LogP contribution in [0.2, 0.25) is 10.0 Å². The molecule has 1 saturated heterocycles. The van der Waals surface area contributed by atoms with Crippen LogP contribution in [0.1, 0.15) is 78.3 Å². The van der Waals surface area contributed by atoms with Gasteiger partial charge in [0.15, 0.2) is 0 Å². The fraction of sp³-hybridized carbons (Fsp3) is 0.400. The molecule has 4 heterocycles. The van der Waals surface area contributed by atoms with Gasteiger partial charge < -0.3 is 14.6 Å². The number of hydrogen-bond donors (Lipinski definition) is 1. The molecule has 1 N–H and O–H groups in total. The molecular formula is C35H35Cl2FN4O3. The molecule has 1 amide bonds. The first kappa shape index (κ1) is 30.2. The molecule has 5 atom stereocenters. The molecule has 3 aliphatic heterocycles. The van der Waals surface area contributed by atoms with E-state index in [-0.39, 0.29) is 36.4 Å². The van der Waals surface area contributed by atoms with Gasteiger partial charge in [-0.15, -0.1) is 0 Å². The number of carbonyl (C=O) groups excluding carboxylic acids is 2. The van der Waals surface area contributed by atoms with Crippen LogP contribution in [0.15, 0.2) is 48.5 Å². The van der Waals surface area contributed by atoms with E-state index in [1.54, 1.807) is 30.3 Å². The Hall–Kier alpha value is -3.46. The molecule has 0 radical (unpaired) electrons. The number of fused-ring (bicyclic) bond motifs is 7. The molecule has 3 aromatic carbocycles. The van der Waals surface area contributed by atoms with Crippen molar-refractivity contribution >= 4 is 51.8 Å². The number of methoxy groups -OCH3 is 1. The number of nitrogens with one attached hydrogen (secondary N) is 1. The normalized spacial score (nSPS) is 25.8. The van der Waals surface area contributed by atoms with Gasteiger partial charge >= 0.3 is 5.97 Å². The van der Waals surface area contributed by atoms with Gasteiger partial charge in [0.05, 0.1) is 28.7 Å². The maximum atomic E-state index is 16.4. The lowest BCUT2D eigenvalue weighted by Crippen LogP contribution is -2.56. The molecule has 234 valence electrons. The minimum Gasteiger partial charge on any atom is -0.465 e. The van der Waals surface area contributed by atoms with E-state index >= 15 is 4.39 Å². The highest BCUT2D eigenvalue weighted by atomic mass is 35.5. The molecule has 4 aromatic rings. The quantitative estimate of drug-likeness (QED) is 0.228. The molecule has 2 fully saturated rings. The molecule has 1 spiro atoms. The Morgan fingerprint density at radius 1 is 1.16 bits per heavy atom. The SMILES string of the molecule is C.COC(=O)c1ccc2nc3n(c2c1C)CC[C@H]1[C@@H]3[C@H](c2cccc(Cl)c2F)[C@]2(C(=O)Nc3cc(Cl)ccc32)N1C(C)C1CC1. The summed E-state index contributed by atoms with van der Waals surface area (Å²) < 4.78 is 23.6. The lowest BCUT2D eigenvalue weighted by atomic mass is 9.70. The summed E-state index contributed by atoms with van der Waals surface area (Å²) in [6.45, 7) is 4.76. The zero-order chi connectivity index (χ0) is 30.7. The molecule has 7 nitrogen and oxygen atoms in total. The topological polar surface area (TPSA) is 76.5 Å². The number of carbonyl (C=O) groups is 2. The van der Waals surface area contributed by atoms with E-state index in [2.05, 4.69) is 21.7 Å².